The van der Waals surface area contributed by atoms with Crippen molar-refractivity contribution in [3.63, 3.8) is 0 Å². The Morgan fingerprint density at radius 2 is 1.79 bits per heavy atom. The average Bonchev–Trinajstić information content (AvgIpc) is 3.32. The lowest BCUT2D eigenvalue weighted by Gasteiger charge is -2.52. The highest BCUT2D eigenvalue weighted by Gasteiger charge is 2.69. The topological polar surface area (TPSA) is 197 Å². The van der Waals surface area contributed by atoms with Gasteiger partial charge in [0.2, 0.25) is 5.91 Å². The van der Waals surface area contributed by atoms with Gasteiger partial charge in [0.25, 0.3) is 0 Å². The van der Waals surface area contributed by atoms with Crippen molar-refractivity contribution in [2.24, 2.45) is 29.4 Å². The third kappa shape index (κ3) is 3.79. The summed E-state index contributed by atoms with van der Waals surface area (Å²) in [7, 11) is 0. The van der Waals surface area contributed by atoms with Crippen LogP contribution in [0.1, 0.15) is 40.1 Å². The van der Waals surface area contributed by atoms with Crippen molar-refractivity contribution in [1.82, 2.24) is 4.98 Å². The number of hydrogen-bond acceptors (Lipinski definition) is 11. The minimum absolute atomic E-state index is 0.148. The lowest BCUT2D eigenvalue weighted by Crippen LogP contribution is -2.72. The number of ketones is 4. The van der Waals surface area contributed by atoms with Gasteiger partial charge < -0.3 is 26.4 Å². The zero-order valence-corrected chi connectivity index (χ0v) is 23.3. The van der Waals surface area contributed by atoms with Crippen LogP contribution >= 0.6 is 11.3 Å². The molecule has 6 N–H and O–H groups in total. The molecule has 0 saturated heterocycles. The van der Waals surface area contributed by atoms with Crippen molar-refractivity contribution in [3.8, 4) is 17.0 Å². The van der Waals surface area contributed by atoms with Gasteiger partial charge in [-0.1, -0.05) is 43.3 Å². The fourth-order valence-electron chi connectivity index (χ4n) is 6.88. The van der Waals surface area contributed by atoms with E-state index < -0.39 is 82.5 Å². The van der Waals surface area contributed by atoms with Crippen LogP contribution in [0.25, 0.3) is 11.3 Å². The summed E-state index contributed by atoms with van der Waals surface area (Å²) in [6, 6.07) is 12.7. The number of phenolic OH excluding ortho intramolecular Hbond substituents is 1. The van der Waals surface area contributed by atoms with E-state index in [0.29, 0.717) is 10.7 Å². The number of aromatic nitrogens is 1. The second kappa shape index (κ2) is 9.65. The van der Waals surface area contributed by atoms with Crippen LogP contribution in [0, 0.1) is 30.6 Å². The van der Waals surface area contributed by atoms with E-state index in [1.807, 2.05) is 37.3 Å². The van der Waals surface area contributed by atoms with Gasteiger partial charge in [0.05, 0.1) is 29.0 Å². The van der Waals surface area contributed by atoms with Gasteiger partial charge >= 0.3 is 0 Å². The predicted octanol–water partition coefficient (Wildman–Crippen LogP) is 2.03. The molecule has 2 saturated carbocycles. The Morgan fingerprint density at radius 1 is 1.10 bits per heavy atom. The summed E-state index contributed by atoms with van der Waals surface area (Å²) in [6.07, 6.45) is -2.24. The maximum atomic E-state index is 13.9. The molecule has 1 amide bonds. The monoisotopic (exact) mass is 589 g/mol. The Labute approximate surface area is 243 Å². The largest absolute Gasteiger partial charge is 0.505 e. The van der Waals surface area contributed by atoms with E-state index in [0.717, 1.165) is 16.1 Å². The molecular weight excluding hydrogens is 562 g/mol. The number of aryl methyl sites for hydroxylation is 1. The molecule has 3 aromatic rings. The Kier molecular flexibility index (Phi) is 6.41. The number of primary amides is 1. The molecule has 6 rings (SSSR count). The third-order valence-electron chi connectivity index (χ3n) is 8.94. The molecule has 3 aliphatic rings. The van der Waals surface area contributed by atoms with Gasteiger partial charge in [0, 0.05) is 28.7 Å². The van der Waals surface area contributed by atoms with Gasteiger partial charge in [-0.15, -0.1) is 11.3 Å². The molecule has 2 fully saturated rings. The molecule has 0 aliphatic heterocycles. The number of thiazole rings is 1. The number of amides is 1. The predicted molar refractivity (Wildman–Crippen MR) is 150 cm³/mol. The van der Waals surface area contributed by atoms with E-state index in [1.54, 1.807) is 19.1 Å². The van der Waals surface area contributed by atoms with Crippen LogP contribution in [0.2, 0.25) is 0 Å². The molecule has 11 nitrogen and oxygen atoms in total. The van der Waals surface area contributed by atoms with Crippen LogP contribution < -0.4 is 11.1 Å². The Hall–Kier alpha value is -4.26. The summed E-state index contributed by atoms with van der Waals surface area (Å²) in [5, 5.41) is 37.5. The van der Waals surface area contributed by atoms with Gasteiger partial charge in [0.1, 0.15) is 5.75 Å². The first-order valence-electron chi connectivity index (χ1n) is 13.4. The lowest BCUT2D eigenvalue weighted by atomic mass is 9.50. The molecule has 2 unspecified atom stereocenters. The number of carbonyl (C=O) groups excluding carboxylic acids is 5. The number of aliphatic hydroxyl groups excluding tert-OH is 1. The van der Waals surface area contributed by atoms with Crippen molar-refractivity contribution in [2.75, 3.05) is 5.32 Å². The second-order valence-electron chi connectivity index (χ2n) is 11.1. The molecule has 7 atom stereocenters. The second-order valence-corrected chi connectivity index (χ2v) is 12.3. The Morgan fingerprint density at radius 3 is 2.45 bits per heavy atom. The molecule has 0 radical (unpaired) electrons. The molecule has 1 heterocycles. The highest BCUT2D eigenvalue weighted by atomic mass is 32.1. The number of rotatable bonds is 4. The van der Waals surface area contributed by atoms with Crippen molar-refractivity contribution in [3.05, 3.63) is 58.5 Å². The van der Waals surface area contributed by atoms with E-state index in [-0.39, 0.29) is 11.3 Å². The van der Waals surface area contributed by atoms with Crippen LogP contribution in [0.3, 0.4) is 0 Å². The molecule has 3 aliphatic carbocycles. The number of Topliss-reactive ketones (excluding diaryl/α,β-unsaturated/α-hetero) is 4. The summed E-state index contributed by atoms with van der Waals surface area (Å²) >= 11 is 1.34. The minimum atomic E-state index is -2.96. The van der Waals surface area contributed by atoms with Crippen LogP contribution in [0.4, 0.5) is 10.8 Å². The van der Waals surface area contributed by atoms with Gasteiger partial charge in [0.15, 0.2) is 39.8 Å². The number of phenols is 1. The standard InChI is InChI=1S/C30H27N3O8S/c1-11-14-8-9-16(32-29-33-22(12(2)42-29)13-6-4-3-5-7-13)24(36)19(14)25(37)21-18(11)23(35)15-10-17(34)20(28(31)40)26(38)30(15,41)27(21)39/h3-9,11,15,18,20-21,23,35-36,41H,10H2,1-2H3,(H2,31,40)(H,32,33)/t11-,15+,18+,20?,21?,23+,30+/m0/s1. The molecular formula is C30H27N3O8S. The molecule has 0 spiro atoms. The van der Waals surface area contributed by atoms with Gasteiger partial charge in [-0.3, -0.25) is 24.0 Å². The van der Waals surface area contributed by atoms with Crippen LogP contribution in [-0.2, 0) is 19.2 Å². The summed E-state index contributed by atoms with van der Waals surface area (Å²) in [5.41, 5.74) is 4.25. The lowest BCUT2D eigenvalue weighted by molar-refractivity contribution is -0.189. The van der Waals surface area contributed by atoms with Crippen LogP contribution in [-0.4, -0.2) is 61.0 Å². The number of fused-ring (bicyclic) bond motifs is 3. The fraction of sp³-hybridized carbons (Fsp3) is 0.333. The quantitative estimate of drug-likeness (QED) is 0.222. The smallest absolute Gasteiger partial charge is 0.235 e. The first-order valence-corrected chi connectivity index (χ1v) is 14.2. The maximum absolute atomic E-state index is 13.9. The van der Waals surface area contributed by atoms with E-state index in [2.05, 4.69) is 10.3 Å². The molecule has 42 heavy (non-hydrogen) atoms. The number of aliphatic hydroxyl groups is 2. The first kappa shape index (κ1) is 27.9. The molecule has 216 valence electrons. The maximum Gasteiger partial charge on any atom is 0.235 e. The van der Waals surface area contributed by atoms with Crippen LogP contribution in [0.15, 0.2) is 42.5 Å². The summed E-state index contributed by atoms with van der Waals surface area (Å²) < 4.78 is 0. The first-order chi connectivity index (χ1) is 19.9. The van der Waals surface area contributed by atoms with Gasteiger partial charge in [-0.2, -0.15) is 0 Å². The Balaban J connectivity index is 1.39. The van der Waals surface area contributed by atoms with Crippen LogP contribution in [0.5, 0.6) is 5.75 Å². The molecule has 12 heteroatoms. The zero-order chi connectivity index (χ0) is 30.2. The van der Waals surface area contributed by atoms with Crippen molar-refractivity contribution in [1.29, 1.82) is 0 Å². The molecule has 2 aromatic carbocycles. The fourth-order valence-corrected chi connectivity index (χ4v) is 7.73. The van der Waals surface area contributed by atoms with Gasteiger partial charge in [-0.25, -0.2) is 4.98 Å². The van der Waals surface area contributed by atoms with E-state index in [1.165, 1.54) is 11.3 Å². The number of aromatic hydroxyl groups is 1. The van der Waals surface area contributed by atoms with Crippen molar-refractivity contribution in [2.45, 2.75) is 37.9 Å². The number of nitrogens with one attached hydrogen (secondary N) is 1. The number of benzene rings is 2. The summed E-state index contributed by atoms with van der Waals surface area (Å²) in [5.74, 6) is -13.3. The zero-order valence-electron chi connectivity index (χ0n) is 22.5. The van der Waals surface area contributed by atoms with Gasteiger partial charge in [-0.05, 0) is 24.5 Å². The highest BCUT2D eigenvalue weighted by molar-refractivity contribution is 7.16. The van der Waals surface area contributed by atoms with E-state index in [9.17, 15) is 39.3 Å². The molecule has 0 bridgehead atoms. The van der Waals surface area contributed by atoms with E-state index >= 15 is 0 Å². The SMILES string of the molecule is Cc1sc(Nc2ccc3c(c2O)C(=O)C2C(=O)[C@]4(O)C(=O)C(C(N)=O)C(=O)C[C@@H]4[C@@H](O)[C@@H]2[C@H]3C)nc1-c1ccccc1. The summed E-state index contributed by atoms with van der Waals surface area (Å²) in [6.45, 7) is 3.56. The minimum Gasteiger partial charge on any atom is -0.505 e. The average molecular weight is 590 g/mol. The number of carbonyl (C=O) groups is 5. The van der Waals surface area contributed by atoms with E-state index in [4.69, 9.17) is 5.73 Å². The van der Waals surface area contributed by atoms with Crippen molar-refractivity contribution < 1.29 is 39.3 Å². The Bertz CT molecular complexity index is 1700. The summed E-state index contributed by atoms with van der Waals surface area (Å²) in [4.78, 5) is 70.9. The number of hydrogen-bond donors (Lipinski definition) is 5. The highest BCUT2D eigenvalue weighted by Crippen LogP contribution is 2.54. The van der Waals surface area contributed by atoms with Crippen molar-refractivity contribution >= 4 is 51.2 Å². The normalized spacial score (nSPS) is 30.4. The third-order valence-corrected chi connectivity index (χ3v) is 9.83. The number of nitrogens with two attached hydrogens (primary N) is 1. The number of nitrogens with zero attached hydrogens (tertiary/aromatic N) is 1. The molecule has 1 aromatic heterocycles. The number of anilines is 2.